The maximum absolute atomic E-state index is 11.8. The molecule has 0 atom stereocenters. The van der Waals surface area contributed by atoms with Crippen LogP contribution >= 0.6 is 11.6 Å². The zero-order valence-electron chi connectivity index (χ0n) is 10.5. The lowest BCUT2D eigenvalue weighted by Crippen LogP contribution is -2.05. The first kappa shape index (κ1) is 13.4. The molecule has 0 spiro atoms. The number of rotatable bonds is 3. The van der Waals surface area contributed by atoms with Crippen molar-refractivity contribution in [2.24, 2.45) is 0 Å². The zero-order chi connectivity index (χ0) is 13.8. The highest BCUT2D eigenvalue weighted by molar-refractivity contribution is 6.33. The fourth-order valence-corrected chi connectivity index (χ4v) is 1.87. The van der Waals surface area contributed by atoms with Crippen molar-refractivity contribution in [3.63, 3.8) is 0 Å². The van der Waals surface area contributed by atoms with E-state index in [1.165, 1.54) is 6.07 Å². The number of carbonyl (C=O) groups excluding carboxylic acids is 1. The monoisotopic (exact) mass is 275 g/mol. The van der Waals surface area contributed by atoms with Gasteiger partial charge in [0, 0.05) is 0 Å². The van der Waals surface area contributed by atoms with Crippen molar-refractivity contribution in [2.75, 3.05) is 5.73 Å². The Hall–Kier alpha value is -2.00. The number of aryl methyl sites for hydroxylation is 1. The Labute approximate surface area is 117 Å². The summed E-state index contributed by atoms with van der Waals surface area (Å²) >= 11 is 5.86. The third-order valence-electron chi connectivity index (χ3n) is 2.69. The Balaban J connectivity index is 2.03. The van der Waals surface area contributed by atoms with E-state index in [0.29, 0.717) is 16.3 Å². The van der Waals surface area contributed by atoms with Crippen LogP contribution in [0.15, 0.2) is 42.5 Å². The van der Waals surface area contributed by atoms with E-state index in [1.807, 2.05) is 31.2 Å². The molecule has 0 fully saturated rings. The molecule has 0 aliphatic carbocycles. The summed E-state index contributed by atoms with van der Waals surface area (Å²) in [6.45, 7) is 2.23. The van der Waals surface area contributed by atoms with Gasteiger partial charge in [-0.25, -0.2) is 4.79 Å². The van der Waals surface area contributed by atoms with Gasteiger partial charge in [-0.05, 0) is 30.7 Å². The minimum atomic E-state index is -0.414. The Morgan fingerprint density at radius 1 is 1.26 bits per heavy atom. The summed E-state index contributed by atoms with van der Waals surface area (Å²) in [5.74, 6) is -0.414. The molecule has 2 aromatic carbocycles. The number of benzene rings is 2. The highest BCUT2D eigenvalue weighted by Crippen LogP contribution is 2.20. The molecule has 0 heterocycles. The van der Waals surface area contributed by atoms with Gasteiger partial charge in [-0.15, -0.1) is 0 Å². The average molecular weight is 276 g/mol. The van der Waals surface area contributed by atoms with Crippen LogP contribution in [0.5, 0.6) is 0 Å². The normalized spacial score (nSPS) is 10.2. The molecule has 0 amide bonds. The standard InChI is InChI=1S/C15H14ClNO2/c1-10-3-2-4-11(7-10)9-19-15(18)12-5-6-14(17)13(16)8-12/h2-8H,9,17H2,1H3. The smallest absolute Gasteiger partial charge is 0.338 e. The van der Waals surface area contributed by atoms with E-state index >= 15 is 0 Å². The molecule has 0 saturated carbocycles. The van der Waals surface area contributed by atoms with Gasteiger partial charge in [-0.3, -0.25) is 0 Å². The summed E-state index contributed by atoms with van der Waals surface area (Å²) in [4.78, 5) is 11.8. The number of ether oxygens (including phenoxy) is 1. The van der Waals surface area contributed by atoms with E-state index in [2.05, 4.69) is 0 Å². The molecule has 3 nitrogen and oxygen atoms in total. The molecule has 0 unspecified atom stereocenters. The van der Waals surface area contributed by atoms with Crippen molar-refractivity contribution in [3.05, 3.63) is 64.2 Å². The summed E-state index contributed by atoms with van der Waals surface area (Å²) in [5.41, 5.74) is 8.51. The lowest BCUT2D eigenvalue weighted by atomic mass is 10.1. The third-order valence-corrected chi connectivity index (χ3v) is 3.02. The number of anilines is 1. The molecular weight excluding hydrogens is 262 g/mol. The summed E-state index contributed by atoms with van der Waals surface area (Å²) < 4.78 is 5.23. The van der Waals surface area contributed by atoms with Crippen LogP contribution in [0.1, 0.15) is 21.5 Å². The average Bonchev–Trinajstić information content (AvgIpc) is 2.39. The molecule has 2 aromatic rings. The molecule has 0 bridgehead atoms. The van der Waals surface area contributed by atoms with E-state index in [4.69, 9.17) is 22.1 Å². The topological polar surface area (TPSA) is 52.3 Å². The van der Waals surface area contributed by atoms with Crippen LogP contribution in [0.3, 0.4) is 0 Å². The number of hydrogen-bond acceptors (Lipinski definition) is 3. The third kappa shape index (κ3) is 3.48. The molecule has 0 radical (unpaired) electrons. The van der Waals surface area contributed by atoms with Crippen LogP contribution in [0.2, 0.25) is 5.02 Å². The maximum atomic E-state index is 11.8. The van der Waals surface area contributed by atoms with Crippen molar-refractivity contribution < 1.29 is 9.53 Å². The van der Waals surface area contributed by atoms with Crippen LogP contribution in [-0.2, 0) is 11.3 Å². The number of halogens is 1. The molecule has 4 heteroatoms. The highest BCUT2D eigenvalue weighted by atomic mass is 35.5. The first-order chi connectivity index (χ1) is 9.06. The van der Waals surface area contributed by atoms with Crippen molar-refractivity contribution in [1.29, 1.82) is 0 Å². The Bertz CT molecular complexity index is 611. The first-order valence-electron chi connectivity index (χ1n) is 5.84. The summed E-state index contributed by atoms with van der Waals surface area (Å²) in [6.07, 6.45) is 0. The lowest BCUT2D eigenvalue weighted by Gasteiger charge is -2.06. The van der Waals surface area contributed by atoms with Gasteiger partial charge in [0.1, 0.15) is 6.61 Å². The van der Waals surface area contributed by atoms with Gasteiger partial charge in [0.2, 0.25) is 0 Å². The summed E-state index contributed by atoms with van der Waals surface area (Å²) in [6, 6.07) is 12.5. The van der Waals surface area contributed by atoms with E-state index in [-0.39, 0.29) is 6.61 Å². The fraction of sp³-hybridized carbons (Fsp3) is 0.133. The predicted molar refractivity (Wildman–Crippen MR) is 76.2 cm³/mol. The van der Waals surface area contributed by atoms with Crippen molar-refractivity contribution in [1.82, 2.24) is 0 Å². The van der Waals surface area contributed by atoms with Gasteiger partial charge in [0.25, 0.3) is 0 Å². The van der Waals surface area contributed by atoms with Gasteiger partial charge in [-0.2, -0.15) is 0 Å². The van der Waals surface area contributed by atoms with Crippen LogP contribution in [0.4, 0.5) is 5.69 Å². The molecule has 98 valence electrons. The van der Waals surface area contributed by atoms with Gasteiger partial charge in [0.15, 0.2) is 0 Å². The van der Waals surface area contributed by atoms with Gasteiger partial charge in [-0.1, -0.05) is 41.4 Å². The quantitative estimate of drug-likeness (QED) is 0.688. The van der Waals surface area contributed by atoms with Crippen molar-refractivity contribution in [2.45, 2.75) is 13.5 Å². The van der Waals surface area contributed by atoms with Crippen LogP contribution in [0, 0.1) is 6.92 Å². The van der Waals surface area contributed by atoms with Crippen LogP contribution in [0.25, 0.3) is 0 Å². The zero-order valence-corrected chi connectivity index (χ0v) is 11.3. The number of nitrogen functional groups attached to an aromatic ring is 1. The highest BCUT2D eigenvalue weighted by Gasteiger charge is 2.09. The van der Waals surface area contributed by atoms with Gasteiger partial charge in [0.05, 0.1) is 16.3 Å². The number of esters is 1. The molecule has 0 aliphatic heterocycles. The van der Waals surface area contributed by atoms with Gasteiger partial charge < -0.3 is 10.5 Å². The largest absolute Gasteiger partial charge is 0.457 e. The van der Waals surface area contributed by atoms with E-state index in [0.717, 1.165) is 11.1 Å². The van der Waals surface area contributed by atoms with Crippen LogP contribution in [-0.4, -0.2) is 5.97 Å². The number of hydrogen-bond donors (Lipinski definition) is 1. The summed E-state index contributed by atoms with van der Waals surface area (Å²) in [5, 5.41) is 0.352. The maximum Gasteiger partial charge on any atom is 0.338 e. The second-order valence-electron chi connectivity index (χ2n) is 4.30. The molecular formula is C15H14ClNO2. The second-order valence-corrected chi connectivity index (χ2v) is 4.71. The fourth-order valence-electron chi connectivity index (χ4n) is 1.69. The molecule has 19 heavy (non-hydrogen) atoms. The second kappa shape index (κ2) is 5.76. The first-order valence-corrected chi connectivity index (χ1v) is 6.22. The lowest BCUT2D eigenvalue weighted by molar-refractivity contribution is 0.0472. The van der Waals surface area contributed by atoms with E-state index in [9.17, 15) is 4.79 Å². The number of carbonyl (C=O) groups is 1. The molecule has 0 saturated heterocycles. The molecule has 2 N–H and O–H groups in total. The van der Waals surface area contributed by atoms with E-state index < -0.39 is 5.97 Å². The Morgan fingerprint density at radius 2 is 2.05 bits per heavy atom. The number of nitrogens with two attached hydrogens (primary N) is 1. The Morgan fingerprint density at radius 3 is 2.74 bits per heavy atom. The summed E-state index contributed by atoms with van der Waals surface area (Å²) in [7, 11) is 0. The molecule has 2 rings (SSSR count). The Kier molecular flexibility index (Phi) is 4.07. The molecule has 0 aliphatic rings. The van der Waals surface area contributed by atoms with E-state index in [1.54, 1.807) is 12.1 Å². The minimum Gasteiger partial charge on any atom is -0.457 e. The minimum absolute atomic E-state index is 0.239. The van der Waals surface area contributed by atoms with Crippen molar-refractivity contribution in [3.8, 4) is 0 Å². The van der Waals surface area contributed by atoms with Crippen LogP contribution < -0.4 is 5.73 Å². The predicted octanol–water partition coefficient (Wildman–Crippen LogP) is 3.59. The molecule has 0 aromatic heterocycles. The van der Waals surface area contributed by atoms with Crippen molar-refractivity contribution >= 4 is 23.3 Å². The SMILES string of the molecule is Cc1cccc(COC(=O)c2ccc(N)c(Cl)c2)c1. The van der Waals surface area contributed by atoms with Gasteiger partial charge >= 0.3 is 5.97 Å².